The van der Waals surface area contributed by atoms with Crippen molar-refractivity contribution in [1.82, 2.24) is 0 Å². The number of anilines is 2. The molecule has 2 aromatic carbocycles. The average Bonchev–Trinajstić information content (AvgIpc) is 2.41. The van der Waals surface area contributed by atoms with E-state index in [1.54, 1.807) is 12.1 Å². The van der Waals surface area contributed by atoms with E-state index in [0.29, 0.717) is 16.3 Å². The molecule has 0 aliphatic heterocycles. The van der Waals surface area contributed by atoms with Gasteiger partial charge in [-0.25, -0.2) is 0 Å². The summed E-state index contributed by atoms with van der Waals surface area (Å²) >= 11 is 8.30. The minimum absolute atomic E-state index is 0.159. The quantitative estimate of drug-likeness (QED) is 0.742. The predicted molar refractivity (Wildman–Crippen MR) is 92.8 cm³/mol. The first kappa shape index (κ1) is 15.1. The van der Waals surface area contributed by atoms with E-state index in [1.807, 2.05) is 38.2 Å². The fourth-order valence-electron chi connectivity index (χ4n) is 1.85. The summed E-state index contributed by atoms with van der Waals surface area (Å²) in [5.74, 6) is -0.159. The molecule has 0 unspecified atom stereocenters. The third kappa shape index (κ3) is 3.43. The van der Waals surface area contributed by atoms with Gasteiger partial charge in [0.1, 0.15) is 0 Å². The van der Waals surface area contributed by atoms with Crippen molar-refractivity contribution < 1.29 is 4.79 Å². The molecule has 0 saturated carbocycles. The second-order valence-corrected chi connectivity index (χ2v) is 6.01. The number of carbonyl (C=O) groups excluding carboxylic acids is 1. The van der Waals surface area contributed by atoms with Gasteiger partial charge in [-0.2, -0.15) is 0 Å². The zero-order valence-electron chi connectivity index (χ0n) is 11.1. The van der Waals surface area contributed by atoms with Crippen LogP contribution in [0.3, 0.4) is 0 Å². The SMILES string of the molecule is CNc1ccc(C(=O)Nc2ccc(I)cc2Cl)c(C)c1. The number of nitrogens with one attached hydrogen (secondary N) is 2. The maximum absolute atomic E-state index is 12.3. The molecule has 104 valence electrons. The van der Waals surface area contributed by atoms with Crippen LogP contribution in [0, 0.1) is 10.5 Å². The maximum Gasteiger partial charge on any atom is 0.255 e. The van der Waals surface area contributed by atoms with E-state index in [2.05, 4.69) is 33.2 Å². The Morgan fingerprint density at radius 3 is 2.55 bits per heavy atom. The molecule has 0 spiro atoms. The second kappa shape index (κ2) is 6.45. The fraction of sp³-hybridized carbons (Fsp3) is 0.133. The van der Waals surface area contributed by atoms with Crippen LogP contribution in [0.25, 0.3) is 0 Å². The number of benzene rings is 2. The van der Waals surface area contributed by atoms with E-state index in [0.717, 1.165) is 14.8 Å². The van der Waals surface area contributed by atoms with E-state index in [4.69, 9.17) is 11.6 Å². The molecule has 0 radical (unpaired) electrons. The van der Waals surface area contributed by atoms with Crippen LogP contribution in [0.2, 0.25) is 5.02 Å². The van der Waals surface area contributed by atoms with Crippen molar-refractivity contribution in [2.45, 2.75) is 6.92 Å². The van der Waals surface area contributed by atoms with Crippen molar-refractivity contribution in [2.24, 2.45) is 0 Å². The molecule has 0 atom stereocenters. The summed E-state index contributed by atoms with van der Waals surface area (Å²) < 4.78 is 1.03. The van der Waals surface area contributed by atoms with Crippen molar-refractivity contribution in [3.63, 3.8) is 0 Å². The van der Waals surface area contributed by atoms with Gasteiger partial charge >= 0.3 is 0 Å². The van der Waals surface area contributed by atoms with E-state index in [9.17, 15) is 4.79 Å². The normalized spacial score (nSPS) is 10.2. The Balaban J connectivity index is 2.24. The van der Waals surface area contributed by atoms with Gasteiger partial charge in [-0.1, -0.05) is 11.6 Å². The molecule has 0 aliphatic carbocycles. The summed E-state index contributed by atoms with van der Waals surface area (Å²) in [4.78, 5) is 12.3. The summed E-state index contributed by atoms with van der Waals surface area (Å²) in [5, 5.41) is 6.42. The minimum atomic E-state index is -0.159. The molecule has 2 aromatic rings. The summed E-state index contributed by atoms with van der Waals surface area (Å²) in [7, 11) is 1.85. The average molecular weight is 401 g/mol. The van der Waals surface area contributed by atoms with Crippen molar-refractivity contribution in [2.75, 3.05) is 17.7 Å². The Morgan fingerprint density at radius 1 is 1.20 bits per heavy atom. The van der Waals surface area contributed by atoms with Crippen LogP contribution >= 0.6 is 34.2 Å². The van der Waals surface area contributed by atoms with Crippen molar-refractivity contribution >= 4 is 51.5 Å². The molecule has 0 aromatic heterocycles. The van der Waals surface area contributed by atoms with Gasteiger partial charge in [-0.3, -0.25) is 4.79 Å². The Hall–Kier alpha value is -1.27. The van der Waals surface area contributed by atoms with Gasteiger partial charge in [-0.15, -0.1) is 0 Å². The summed E-state index contributed by atoms with van der Waals surface area (Å²) in [5.41, 5.74) is 3.15. The molecule has 1 amide bonds. The molecule has 3 nitrogen and oxygen atoms in total. The first-order chi connectivity index (χ1) is 9.51. The molecular formula is C15H14ClIN2O. The number of hydrogen-bond acceptors (Lipinski definition) is 2. The summed E-state index contributed by atoms with van der Waals surface area (Å²) in [6, 6.07) is 11.1. The topological polar surface area (TPSA) is 41.1 Å². The monoisotopic (exact) mass is 400 g/mol. The smallest absolute Gasteiger partial charge is 0.255 e. The van der Waals surface area contributed by atoms with Crippen molar-refractivity contribution in [1.29, 1.82) is 0 Å². The number of aryl methyl sites for hydroxylation is 1. The van der Waals surface area contributed by atoms with Crippen LogP contribution in [0.15, 0.2) is 36.4 Å². The van der Waals surface area contributed by atoms with Gasteiger partial charge < -0.3 is 10.6 Å². The zero-order valence-corrected chi connectivity index (χ0v) is 14.0. The van der Waals surface area contributed by atoms with Crippen LogP contribution in [0.1, 0.15) is 15.9 Å². The Morgan fingerprint density at radius 2 is 1.95 bits per heavy atom. The highest BCUT2D eigenvalue weighted by Crippen LogP contribution is 2.25. The largest absolute Gasteiger partial charge is 0.388 e. The first-order valence-corrected chi connectivity index (χ1v) is 7.51. The number of carbonyl (C=O) groups is 1. The van der Waals surface area contributed by atoms with Crippen LogP contribution in [-0.4, -0.2) is 13.0 Å². The van der Waals surface area contributed by atoms with Gasteiger partial charge in [0.15, 0.2) is 0 Å². The molecule has 2 N–H and O–H groups in total. The third-order valence-electron chi connectivity index (χ3n) is 2.94. The lowest BCUT2D eigenvalue weighted by Gasteiger charge is -2.10. The zero-order chi connectivity index (χ0) is 14.7. The Kier molecular flexibility index (Phi) is 4.88. The van der Waals surface area contributed by atoms with E-state index in [1.165, 1.54) is 0 Å². The molecule has 0 aliphatic rings. The van der Waals surface area contributed by atoms with Crippen molar-refractivity contribution in [3.05, 3.63) is 56.1 Å². The molecular weight excluding hydrogens is 387 g/mol. The van der Waals surface area contributed by atoms with Gasteiger partial charge in [0.05, 0.1) is 10.7 Å². The first-order valence-electron chi connectivity index (χ1n) is 6.06. The third-order valence-corrected chi connectivity index (χ3v) is 3.92. The molecule has 2 rings (SSSR count). The van der Waals surface area contributed by atoms with Crippen LogP contribution in [-0.2, 0) is 0 Å². The molecule has 0 heterocycles. The Labute approximate surface area is 136 Å². The van der Waals surface area contributed by atoms with Gasteiger partial charge in [-0.05, 0) is 71.5 Å². The number of amides is 1. The molecule has 5 heteroatoms. The van der Waals surface area contributed by atoms with Gasteiger partial charge in [0.25, 0.3) is 5.91 Å². The van der Waals surface area contributed by atoms with Crippen LogP contribution in [0.4, 0.5) is 11.4 Å². The van der Waals surface area contributed by atoms with E-state index < -0.39 is 0 Å². The summed E-state index contributed by atoms with van der Waals surface area (Å²) in [6.45, 7) is 1.91. The second-order valence-electron chi connectivity index (χ2n) is 4.36. The van der Waals surface area contributed by atoms with Crippen molar-refractivity contribution in [3.8, 4) is 0 Å². The highest BCUT2D eigenvalue weighted by molar-refractivity contribution is 14.1. The number of halogens is 2. The molecule has 0 bridgehead atoms. The minimum Gasteiger partial charge on any atom is -0.388 e. The fourth-order valence-corrected chi connectivity index (χ4v) is 2.76. The Bertz CT molecular complexity index is 658. The summed E-state index contributed by atoms with van der Waals surface area (Å²) in [6.07, 6.45) is 0. The van der Waals surface area contributed by atoms with E-state index in [-0.39, 0.29) is 5.91 Å². The van der Waals surface area contributed by atoms with Crippen LogP contribution in [0.5, 0.6) is 0 Å². The van der Waals surface area contributed by atoms with Crippen LogP contribution < -0.4 is 10.6 Å². The molecule has 0 saturated heterocycles. The molecule has 20 heavy (non-hydrogen) atoms. The van der Waals surface area contributed by atoms with E-state index >= 15 is 0 Å². The highest BCUT2D eigenvalue weighted by atomic mass is 127. The number of hydrogen-bond donors (Lipinski definition) is 2. The lowest BCUT2D eigenvalue weighted by molar-refractivity contribution is 0.102. The highest BCUT2D eigenvalue weighted by Gasteiger charge is 2.11. The van der Waals surface area contributed by atoms with Gasteiger partial charge in [0, 0.05) is 21.9 Å². The maximum atomic E-state index is 12.3. The standard InChI is InChI=1S/C15H14ClIN2O/c1-9-7-11(18-2)4-5-12(9)15(20)19-14-6-3-10(17)8-13(14)16/h3-8,18H,1-2H3,(H,19,20). The predicted octanol–water partition coefficient (Wildman–Crippen LogP) is 4.55. The lowest BCUT2D eigenvalue weighted by Crippen LogP contribution is -2.13. The van der Waals surface area contributed by atoms with Gasteiger partial charge in [0.2, 0.25) is 0 Å². The molecule has 0 fully saturated rings. The number of rotatable bonds is 3. The lowest BCUT2D eigenvalue weighted by atomic mass is 10.1.